The molecular formula is C18H16N4O3. The first kappa shape index (κ1) is 16.5. The van der Waals surface area contributed by atoms with Crippen LogP contribution in [0.15, 0.2) is 48.5 Å². The van der Waals surface area contributed by atoms with Crippen molar-refractivity contribution in [1.82, 2.24) is 4.90 Å². The number of hydrogen-bond acceptors (Lipinski definition) is 5. The molecule has 3 rings (SSSR count). The molecule has 1 heterocycles. The van der Waals surface area contributed by atoms with Crippen LogP contribution in [0.3, 0.4) is 0 Å². The Morgan fingerprint density at radius 3 is 2.12 bits per heavy atom. The van der Waals surface area contributed by atoms with Gasteiger partial charge in [-0.25, -0.2) is 0 Å². The number of nitro groups is 1. The van der Waals surface area contributed by atoms with Gasteiger partial charge in [0.2, 0.25) is 0 Å². The summed E-state index contributed by atoms with van der Waals surface area (Å²) in [5.41, 5.74) is 2.08. The molecule has 0 saturated carbocycles. The van der Waals surface area contributed by atoms with Crippen LogP contribution in [-0.2, 0) is 0 Å². The molecule has 0 unspecified atom stereocenters. The standard InChI is InChI=1S/C18H16N4O3/c19-13-14-1-5-16(6-2-14)20-9-11-21(12-10-20)18(23)15-3-7-17(8-4-15)22(24)25/h1-8H,9-12H2. The zero-order valence-electron chi connectivity index (χ0n) is 13.5. The molecule has 0 radical (unpaired) electrons. The molecule has 2 aromatic carbocycles. The number of piperazine rings is 1. The topological polar surface area (TPSA) is 90.5 Å². The Morgan fingerprint density at radius 2 is 1.60 bits per heavy atom. The average molecular weight is 336 g/mol. The highest BCUT2D eigenvalue weighted by Gasteiger charge is 2.22. The number of nitriles is 1. The second kappa shape index (κ2) is 7.01. The lowest BCUT2D eigenvalue weighted by Crippen LogP contribution is -2.48. The molecule has 1 aliphatic rings. The lowest BCUT2D eigenvalue weighted by molar-refractivity contribution is -0.384. The third kappa shape index (κ3) is 3.58. The van der Waals surface area contributed by atoms with Crippen molar-refractivity contribution < 1.29 is 9.72 Å². The molecule has 0 atom stereocenters. The van der Waals surface area contributed by atoms with E-state index >= 15 is 0 Å². The number of benzene rings is 2. The third-order valence-electron chi connectivity index (χ3n) is 4.25. The average Bonchev–Trinajstić information content (AvgIpc) is 2.67. The Bertz CT molecular complexity index is 817. The summed E-state index contributed by atoms with van der Waals surface area (Å²) in [6.45, 7) is 2.56. The fourth-order valence-corrected chi connectivity index (χ4v) is 2.82. The molecule has 25 heavy (non-hydrogen) atoms. The summed E-state index contributed by atoms with van der Waals surface area (Å²) in [6, 6.07) is 15.2. The molecule has 7 heteroatoms. The van der Waals surface area contributed by atoms with E-state index in [0.29, 0.717) is 37.3 Å². The van der Waals surface area contributed by atoms with Crippen molar-refractivity contribution in [2.24, 2.45) is 0 Å². The van der Waals surface area contributed by atoms with E-state index < -0.39 is 4.92 Å². The van der Waals surface area contributed by atoms with Gasteiger partial charge < -0.3 is 9.80 Å². The van der Waals surface area contributed by atoms with Crippen molar-refractivity contribution in [2.75, 3.05) is 31.1 Å². The van der Waals surface area contributed by atoms with Crippen molar-refractivity contribution >= 4 is 17.3 Å². The number of anilines is 1. The Morgan fingerprint density at radius 1 is 1.00 bits per heavy atom. The highest BCUT2D eigenvalue weighted by molar-refractivity contribution is 5.94. The van der Waals surface area contributed by atoms with E-state index in [1.54, 1.807) is 17.0 Å². The number of rotatable bonds is 3. The minimum atomic E-state index is -0.482. The van der Waals surface area contributed by atoms with Crippen LogP contribution in [0.5, 0.6) is 0 Å². The number of non-ortho nitro benzene ring substituents is 1. The molecule has 1 fully saturated rings. The first-order valence-corrected chi connectivity index (χ1v) is 7.87. The minimum absolute atomic E-state index is 0.0258. The zero-order chi connectivity index (χ0) is 17.8. The van der Waals surface area contributed by atoms with E-state index in [-0.39, 0.29) is 11.6 Å². The molecule has 1 aliphatic heterocycles. The van der Waals surface area contributed by atoms with Gasteiger partial charge in [-0.15, -0.1) is 0 Å². The first-order valence-electron chi connectivity index (χ1n) is 7.87. The molecule has 126 valence electrons. The molecule has 0 spiro atoms. The van der Waals surface area contributed by atoms with Gasteiger partial charge in [0.15, 0.2) is 0 Å². The van der Waals surface area contributed by atoms with Crippen molar-refractivity contribution in [1.29, 1.82) is 5.26 Å². The van der Waals surface area contributed by atoms with Crippen LogP contribution in [-0.4, -0.2) is 41.9 Å². The van der Waals surface area contributed by atoms with E-state index in [0.717, 1.165) is 5.69 Å². The highest BCUT2D eigenvalue weighted by atomic mass is 16.6. The summed E-state index contributed by atoms with van der Waals surface area (Å²) in [5, 5.41) is 19.5. The van der Waals surface area contributed by atoms with Gasteiger partial charge in [0.05, 0.1) is 16.6 Å². The van der Waals surface area contributed by atoms with Crippen molar-refractivity contribution in [3.05, 3.63) is 69.8 Å². The zero-order valence-corrected chi connectivity index (χ0v) is 13.5. The molecule has 1 amide bonds. The van der Waals surface area contributed by atoms with Gasteiger partial charge in [-0.3, -0.25) is 14.9 Å². The molecule has 0 bridgehead atoms. The summed E-state index contributed by atoms with van der Waals surface area (Å²) in [7, 11) is 0. The predicted octanol–water partition coefficient (Wildman–Crippen LogP) is 2.43. The fourth-order valence-electron chi connectivity index (χ4n) is 2.82. The SMILES string of the molecule is N#Cc1ccc(N2CCN(C(=O)c3ccc([N+](=O)[O-])cc3)CC2)cc1. The minimum Gasteiger partial charge on any atom is -0.368 e. The summed E-state index contributed by atoms with van der Waals surface area (Å²) in [5.74, 6) is -0.116. The van der Waals surface area contributed by atoms with E-state index in [1.165, 1.54) is 24.3 Å². The van der Waals surface area contributed by atoms with Crippen LogP contribution in [0.25, 0.3) is 0 Å². The van der Waals surface area contributed by atoms with Crippen molar-refractivity contribution in [3.63, 3.8) is 0 Å². The van der Waals surface area contributed by atoms with Gasteiger partial charge in [0.1, 0.15) is 0 Å². The number of carbonyl (C=O) groups is 1. The van der Waals surface area contributed by atoms with Crippen LogP contribution >= 0.6 is 0 Å². The van der Waals surface area contributed by atoms with Gasteiger partial charge >= 0.3 is 0 Å². The second-order valence-corrected chi connectivity index (χ2v) is 5.74. The third-order valence-corrected chi connectivity index (χ3v) is 4.25. The lowest BCUT2D eigenvalue weighted by atomic mass is 10.1. The van der Waals surface area contributed by atoms with E-state index in [4.69, 9.17) is 5.26 Å². The summed E-state index contributed by atoms with van der Waals surface area (Å²) in [6.07, 6.45) is 0. The molecular weight excluding hydrogens is 320 g/mol. The maximum absolute atomic E-state index is 12.5. The van der Waals surface area contributed by atoms with E-state index in [2.05, 4.69) is 11.0 Å². The molecule has 7 nitrogen and oxygen atoms in total. The fraction of sp³-hybridized carbons (Fsp3) is 0.222. The molecule has 0 aromatic heterocycles. The number of carbonyl (C=O) groups excluding carboxylic acids is 1. The van der Waals surface area contributed by atoms with Gasteiger partial charge in [0.25, 0.3) is 11.6 Å². The molecule has 1 saturated heterocycles. The molecule has 0 N–H and O–H groups in total. The monoisotopic (exact) mass is 336 g/mol. The largest absolute Gasteiger partial charge is 0.368 e. The smallest absolute Gasteiger partial charge is 0.269 e. The summed E-state index contributed by atoms with van der Waals surface area (Å²) in [4.78, 5) is 26.6. The van der Waals surface area contributed by atoms with Crippen LogP contribution in [0.1, 0.15) is 15.9 Å². The van der Waals surface area contributed by atoms with Crippen LogP contribution in [0.2, 0.25) is 0 Å². The summed E-state index contributed by atoms with van der Waals surface area (Å²) < 4.78 is 0. The van der Waals surface area contributed by atoms with Crippen molar-refractivity contribution in [3.8, 4) is 6.07 Å². The Kier molecular flexibility index (Phi) is 4.61. The highest BCUT2D eigenvalue weighted by Crippen LogP contribution is 2.19. The quantitative estimate of drug-likeness (QED) is 0.634. The van der Waals surface area contributed by atoms with E-state index in [1.807, 2.05) is 12.1 Å². The number of nitro benzene ring substituents is 1. The Labute approximate surface area is 144 Å². The van der Waals surface area contributed by atoms with E-state index in [9.17, 15) is 14.9 Å². The lowest BCUT2D eigenvalue weighted by Gasteiger charge is -2.36. The van der Waals surface area contributed by atoms with Gasteiger partial charge in [-0.2, -0.15) is 5.26 Å². The molecule has 2 aromatic rings. The normalized spacial score (nSPS) is 14.0. The predicted molar refractivity (Wildman–Crippen MR) is 92.4 cm³/mol. The van der Waals surface area contributed by atoms with Crippen LogP contribution < -0.4 is 4.90 Å². The summed E-state index contributed by atoms with van der Waals surface area (Å²) >= 11 is 0. The first-order chi connectivity index (χ1) is 12.1. The maximum atomic E-state index is 12.5. The van der Waals surface area contributed by atoms with Crippen molar-refractivity contribution in [2.45, 2.75) is 0 Å². The number of hydrogen-bond donors (Lipinski definition) is 0. The molecule has 0 aliphatic carbocycles. The second-order valence-electron chi connectivity index (χ2n) is 5.74. The number of nitrogens with zero attached hydrogens (tertiary/aromatic N) is 4. The Balaban J connectivity index is 1.62. The van der Waals surface area contributed by atoms with Crippen LogP contribution in [0, 0.1) is 21.4 Å². The maximum Gasteiger partial charge on any atom is 0.269 e. The van der Waals surface area contributed by atoms with Gasteiger partial charge in [0, 0.05) is 49.6 Å². The Hall–Kier alpha value is -3.40. The number of amides is 1. The van der Waals surface area contributed by atoms with Crippen LogP contribution in [0.4, 0.5) is 11.4 Å². The van der Waals surface area contributed by atoms with Gasteiger partial charge in [-0.05, 0) is 36.4 Å². The van der Waals surface area contributed by atoms with Gasteiger partial charge in [-0.1, -0.05) is 0 Å².